The number of Topliss-reactive ketones (excluding diaryl/α,β-unsaturated/α-hetero) is 1. The molecule has 1 unspecified atom stereocenters. The van der Waals surface area contributed by atoms with E-state index in [2.05, 4.69) is 0 Å². The van der Waals surface area contributed by atoms with Crippen LogP contribution in [-0.2, 0) is 25.7 Å². The Bertz CT molecular complexity index is 445. The highest BCUT2D eigenvalue weighted by atomic mass is 35.5. The Labute approximate surface area is 130 Å². The molecule has 0 aliphatic rings. The van der Waals surface area contributed by atoms with Crippen LogP contribution in [0.15, 0.2) is 30.3 Å². The molecule has 0 fully saturated rings. The second-order valence-electron chi connectivity index (χ2n) is 5.04. The molecule has 0 aliphatic heterocycles. The Kier molecular flexibility index (Phi) is 8.01. The van der Waals surface area contributed by atoms with Gasteiger partial charge in [0.15, 0.2) is 0 Å². The van der Waals surface area contributed by atoms with Gasteiger partial charge < -0.3 is 9.47 Å². The van der Waals surface area contributed by atoms with Crippen molar-refractivity contribution in [1.82, 2.24) is 0 Å². The van der Waals surface area contributed by atoms with Gasteiger partial charge in [0.05, 0.1) is 31.1 Å². The summed E-state index contributed by atoms with van der Waals surface area (Å²) in [6.07, 6.45) is -0.532. The molecule has 0 saturated carbocycles. The maximum atomic E-state index is 11.7. The van der Waals surface area contributed by atoms with Crippen LogP contribution in [0.4, 0.5) is 0 Å². The smallest absolute Gasteiger partial charge is 0.308 e. The lowest BCUT2D eigenvalue weighted by Crippen LogP contribution is -2.24. The Morgan fingerprint density at radius 2 is 1.81 bits per heavy atom. The maximum absolute atomic E-state index is 11.7. The summed E-state index contributed by atoms with van der Waals surface area (Å²) >= 11 is 5.51. The lowest BCUT2D eigenvalue weighted by molar-refractivity contribution is -0.151. The molecule has 1 rings (SSSR count). The van der Waals surface area contributed by atoms with Gasteiger partial charge in [0.1, 0.15) is 5.78 Å². The van der Waals surface area contributed by atoms with Crippen LogP contribution in [0, 0.1) is 0 Å². The van der Waals surface area contributed by atoms with Crippen molar-refractivity contribution in [2.75, 3.05) is 5.88 Å². The number of esters is 1. The van der Waals surface area contributed by atoms with Gasteiger partial charge in [-0.15, -0.1) is 11.6 Å². The molecule has 116 valence electrons. The number of benzene rings is 1. The van der Waals surface area contributed by atoms with Crippen LogP contribution in [0.5, 0.6) is 0 Å². The van der Waals surface area contributed by atoms with E-state index in [1.807, 2.05) is 30.3 Å². The number of hydrogen-bond acceptors (Lipinski definition) is 4. The van der Waals surface area contributed by atoms with Gasteiger partial charge in [0.25, 0.3) is 0 Å². The van der Waals surface area contributed by atoms with E-state index < -0.39 is 6.10 Å². The largest absolute Gasteiger partial charge is 0.463 e. The van der Waals surface area contributed by atoms with Gasteiger partial charge in [-0.1, -0.05) is 30.3 Å². The average Bonchev–Trinajstić information content (AvgIpc) is 2.44. The fourth-order valence-corrected chi connectivity index (χ4v) is 1.89. The first-order chi connectivity index (χ1) is 10.0. The third kappa shape index (κ3) is 7.83. The van der Waals surface area contributed by atoms with Crippen molar-refractivity contribution >= 4 is 23.4 Å². The highest BCUT2D eigenvalue weighted by Gasteiger charge is 2.19. The zero-order valence-electron chi connectivity index (χ0n) is 12.4. The molecule has 0 saturated heterocycles. The molecule has 0 amide bonds. The average molecular weight is 313 g/mol. The van der Waals surface area contributed by atoms with Gasteiger partial charge >= 0.3 is 5.97 Å². The van der Waals surface area contributed by atoms with Crippen molar-refractivity contribution in [3.63, 3.8) is 0 Å². The van der Waals surface area contributed by atoms with Crippen LogP contribution in [0.3, 0.4) is 0 Å². The maximum Gasteiger partial charge on any atom is 0.308 e. The summed E-state index contributed by atoms with van der Waals surface area (Å²) in [6, 6.07) is 9.58. The van der Waals surface area contributed by atoms with E-state index in [1.165, 1.54) is 0 Å². The Morgan fingerprint density at radius 1 is 1.14 bits per heavy atom. The molecule has 4 nitrogen and oxygen atoms in total. The molecule has 1 aromatic rings. The topological polar surface area (TPSA) is 52.6 Å². The van der Waals surface area contributed by atoms with Crippen molar-refractivity contribution in [2.24, 2.45) is 0 Å². The highest BCUT2D eigenvalue weighted by Crippen LogP contribution is 2.12. The SMILES string of the molecule is CC(C)OC(=O)CC(CC(=O)CCl)OCc1ccccc1. The minimum Gasteiger partial charge on any atom is -0.463 e. The van der Waals surface area contributed by atoms with Crippen LogP contribution >= 0.6 is 11.6 Å². The minimum absolute atomic E-state index is 0.0492. The number of ketones is 1. The molecule has 1 aromatic carbocycles. The fraction of sp³-hybridized carbons (Fsp3) is 0.500. The normalized spacial score (nSPS) is 12.2. The lowest BCUT2D eigenvalue weighted by atomic mass is 10.1. The molecule has 0 aliphatic carbocycles. The van der Waals surface area contributed by atoms with E-state index in [9.17, 15) is 9.59 Å². The predicted molar refractivity (Wildman–Crippen MR) is 81.2 cm³/mol. The zero-order valence-corrected chi connectivity index (χ0v) is 13.1. The molecule has 0 heterocycles. The van der Waals surface area contributed by atoms with E-state index in [0.717, 1.165) is 5.56 Å². The van der Waals surface area contributed by atoms with Crippen molar-refractivity contribution in [2.45, 2.75) is 45.5 Å². The van der Waals surface area contributed by atoms with Gasteiger partial charge in [-0.05, 0) is 19.4 Å². The molecule has 0 aromatic heterocycles. The van der Waals surface area contributed by atoms with Crippen molar-refractivity contribution < 1.29 is 19.1 Å². The first-order valence-electron chi connectivity index (χ1n) is 6.94. The number of ether oxygens (including phenoxy) is 2. The van der Waals surface area contributed by atoms with E-state index in [-0.39, 0.29) is 36.6 Å². The molecular formula is C16H21ClO4. The summed E-state index contributed by atoms with van der Waals surface area (Å²) in [7, 11) is 0. The summed E-state index contributed by atoms with van der Waals surface area (Å²) in [6.45, 7) is 3.90. The van der Waals surface area contributed by atoms with Crippen molar-refractivity contribution in [1.29, 1.82) is 0 Å². The number of halogens is 1. The number of carbonyl (C=O) groups excluding carboxylic acids is 2. The standard InChI is InChI=1S/C16H21ClO4/c1-12(2)21-16(19)9-15(8-14(18)10-17)20-11-13-6-4-3-5-7-13/h3-7,12,15H,8-11H2,1-2H3. The van der Waals surface area contributed by atoms with E-state index in [4.69, 9.17) is 21.1 Å². The summed E-state index contributed by atoms with van der Waals surface area (Å²) in [4.78, 5) is 23.2. The Hall–Kier alpha value is -1.39. The van der Waals surface area contributed by atoms with Gasteiger partial charge in [0, 0.05) is 6.42 Å². The summed E-state index contributed by atoms with van der Waals surface area (Å²) in [5.41, 5.74) is 0.984. The van der Waals surface area contributed by atoms with Gasteiger partial charge in [0.2, 0.25) is 0 Å². The van der Waals surface area contributed by atoms with E-state index in [0.29, 0.717) is 6.61 Å². The molecule has 0 N–H and O–H groups in total. The van der Waals surface area contributed by atoms with Crippen molar-refractivity contribution in [3.8, 4) is 0 Å². The molecular weight excluding hydrogens is 292 g/mol. The van der Waals surface area contributed by atoms with Gasteiger partial charge in [-0.25, -0.2) is 0 Å². The Balaban J connectivity index is 2.55. The highest BCUT2D eigenvalue weighted by molar-refractivity contribution is 6.27. The summed E-state index contributed by atoms with van der Waals surface area (Å²) in [5, 5.41) is 0. The molecule has 0 radical (unpaired) electrons. The van der Waals surface area contributed by atoms with Crippen LogP contribution in [0.1, 0.15) is 32.3 Å². The van der Waals surface area contributed by atoms with E-state index in [1.54, 1.807) is 13.8 Å². The molecule has 0 spiro atoms. The minimum atomic E-state index is -0.511. The second-order valence-corrected chi connectivity index (χ2v) is 5.31. The van der Waals surface area contributed by atoms with Gasteiger partial charge in [-0.2, -0.15) is 0 Å². The molecule has 21 heavy (non-hydrogen) atoms. The number of rotatable bonds is 9. The summed E-state index contributed by atoms with van der Waals surface area (Å²) in [5.74, 6) is -0.595. The fourth-order valence-electron chi connectivity index (χ4n) is 1.78. The number of hydrogen-bond donors (Lipinski definition) is 0. The molecule has 5 heteroatoms. The number of alkyl halides is 1. The zero-order chi connectivity index (χ0) is 15.7. The van der Waals surface area contributed by atoms with Crippen LogP contribution < -0.4 is 0 Å². The first-order valence-corrected chi connectivity index (χ1v) is 7.47. The second kappa shape index (κ2) is 9.53. The first kappa shape index (κ1) is 17.7. The quantitative estimate of drug-likeness (QED) is 0.519. The van der Waals surface area contributed by atoms with Crippen molar-refractivity contribution in [3.05, 3.63) is 35.9 Å². The Morgan fingerprint density at radius 3 is 2.38 bits per heavy atom. The van der Waals surface area contributed by atoms with Crippen LogP contribution in [0.25, 0.3) is 0 Å². The number of carbonyl (C=O) groups is 2. The van der Waals surface area contributed by atoms with Crippen LogP contribution in [0.2, 0.25) is 0 Å². The predicted octanol–water partition coefficient (Wildman–Crippen LogP) is 3.11. The van der Waals surface area contributed by atoms with E-state index >= 15 is 0 Å². The third-order valence-corrected chi connectivity index (χ3v) is 2.99. The van der Waals surface area contributed by atoms with Gasteiger partial charge in [-0.3, -0.25) is 9.59 Å². The lowest BCUT2D eigenvalue weighted by Gasteiger charge is -2.17. The summed E-state index contributed by atoms with van der Waals surface area (Å²) < 4.78 is 10.8. The molecule has 1 atom stereocenters. The monoisotopic (exact) mass is 312 g/mol. The third-order valence-electron chi connectivity index (χ3n) is 2.69. The molecule has 0 bridgehead atoms. The van der Waals surface area contributed by atoms with Crippen LogP contribution in [-0.4, -0.2) is 29.8 Å².